The standard InChI is InChI=1S/C25H21N3O4S/c1-16-6-2-4-8-19(16)26-23(29)14-33-25-27-20-9-5-3-7-18(20)24(30)28(25)13-17-10-11-21-22(12-17)32-15-31-21/h2-12H,13-15H2,1H3,(H,26,29). The zero-order valence-corrected chi connectivity index (χ0v) is 18.7. The zero-order chi connectivity index (χ0) is 22.8. The minimum atomic E-state index is -0.161. The van der Waals surface area contributed by atoms with Crippen molar-refractivity contribution in [3.63, 3.8) is 0 Å². The number of amides is 1. The molecule has 0 unspecified atom stereocenters. The first kappa shape index (κ1) is 21.1. The smallest absolute Gasteiger partial charge is 0.262 e. The highest BCUT2D eigenvalue weighted by molar-refractivity contribution is 7.99. The summed E-state index contributed by atoms with van der Waals surface area (Å²) < 4.78 is 12.5. The van der Waals surface area contributed by atoms with Crippen LogP contribution in [0.1, 0.15) is 11.1 Å². The van der Waals surface area contributed by atoms with E-state index in [0.717, 1.165) is 16.8 Å². The van der Waals surface area contributed by atoms with Crippen molar-refractivity contribution in [1.29, 1.82) is 0 Å². The average Bonchev–Trinajstić information content (AvgIpc) is 3.29. The van der Waals surface area contributed by atoms with E-state index < -0.39 is 0 Å². The second kappa shape index (κ2) is 8.99. The van der Waals surface area contributed by atoms with Crippen LogP contribution in [0.15, 0.2) is 76.7 Å². The third-order valence-corrected chi connectivity index (χ3v) is 6.33. The van der Waals surface area contributed by atoms with Crippen LogP contribution in [-0.4, -0.2) is 28.0 Å². The Morgan fingerprint density at radius 2 is 1.85 bits per heavy atom. The van der Waals surface area contributed by atoms with Crippen LogP contribution < -0.4 is 20.3 Å². The van der Waals surface area contributed by atoms with E-state index in [1.807, 2.05) is 61.5 Å². The molecule has 1 aliphatic rings. The summed E-state index contributed by atoms with van der Waals surface area (Å²) in [5.41, 5.74) is 3.09. The van der Waals surface area contributed by atoms with Gasteiger partial charge < -0.3 is 14.8 Å². The van der Waals surface area contributed by atoms with E-state index in [9.17, 15) is 9.59 Å². The van der Waals surface area contributed by atoms with Gasteiger partial charge in [0.1, 0.15) is 0 Å². The normalized spacial score (nSPS) is 12.2. The molecule has 1 aromatic heterocycles. The average molecular weight is 460 g/mol. The van der Waals surface area contributed by atoms with Gasteiger partial charge in [0.05, 0.1) is 23.2 Å². The van der Waals surface area contributed by atoms with E-state index in [2.05, 4.69) is 5.32 Å². The van der Waals surface area contributed by atoms with Crippen LogP contribution in [0.25, 0.3) is 10.9 Å². The van der Waals surface area contributed by atoms with Crippen LogP contribution in [-0.2, 0) is 11.3 Å². The largest absolute Gasteiger partial charge is 0.454 e. The Morgan fingerprint density at radius 1 is 1.06 bits per heavy atom. The lowest BCUT2D eigenvalue weighted by Crippen LogP contribution is -2.25. The molecule has 0 radical (unpaired) electrons. The molecule has 0 spiro atoms. The molecule has 0 bridgehead atoms. The maximum absolute atomic E-state index is 13.3. The summed E-state index contributed by atoms with van der Waals surface area (Å²) in [4.78, 5) is 30.6. The molecule has 1 aliphatic heterocycles. The van der Waals surface area contributed by atoms with Crippen molar-refractivity contribution < 1.29 is 14.3 Å². The van der Waals surface area contributed by atoms with E-state index in [0.29, 0.717) is 34.1 Å². The molecular formula is C25H21N3O4S. The van der Waals surface area contributed by atoms with Gasteiger partial charge in [-0.1, -0.05) is 48.2 Å². The molecule has 3 aromatic carbocycles. The molecule has 4 aromatic rings. The highest BCUT2D eigenvalue weighted by Crippen LogP contribution is 2.33. The van der Waals surface area contributed by atoms with Gasteiger partial charge in [-0.05, 0) is 48.4 Å². The van der Waals surface area contributed by atoms with Crippen molar-refractivity contribution >= 4 is 34.3 Å². The van der Waals surface area contributed by atoms with Crippen LogP contribution in [0.4, 0.5) is 5.69 Å². The fourth-order valence-electron chi connectivity index (χ4n) is 3.65. The SMILES string of the molecule is Cc1ccccc1NC(=O)CSc1nc2ccccc2c(=O)n1Cc1ccc2c(c1)OCO2. The van der Waals surface area contributed by atoms with Crippen molar-refractivity contribution in [1.82, 2.24) is 9.55 Å². The number of carbonyl (C=O) groups is 1. The van der Waals surface area contributed by atoms with Gasteiger partial charge in [0, 0.05) is 5.69 Å². The number of carbonyl (C=O) groups excluding carboxylic acids is 1. The molecule has 0 saturated heterocycles. The highest BCUT2D eigenvalue weighted by Gasteiger charge is 2.17. The molecule has 0 atom stereocenters. The third-order valence-electron chi connectivity index (χ3n) is 5.36. The summed E-state index contributed by atoms with van der Waals surface area (Å²) in [6, 6.07) is 20.4. The fourth-order valence-corrected chi connectivity index (χ4v) is 4.45. The maximum atomic E-state index is 13.3. The molecule has 8 heteroatoms. The molecule has 0 saturated carbocycles. The Hall–Kier alpha value is -3.78. The van der Waals surface area contributed by atoms with E-state index in [4.69, 9.17) is 14.5 Å². The van der Waals surface area contributed by atoms with Crippen molar-refractivity contribution in [2.24, 2.45) is 0 Å². The first-order chi connectivity index (χ1) is 16.1. The highest BCUT2D eigenvalue weighted by atomic mass is 32.2. The molecule has 1 amide bonds. The Kier molecular flexibility index (Phi) is 5.75. The maximum Gasteiger partial charge on any atom is 0.262 e. The quantitative estimate of drug-likeness (QED) is 0.344. The Morgan fingerprint density at radius 3 is 2.73 bits per heavy atom. The zero-order valence-electron chi connectivity index (χ0n) is 17.9. The number of nitrogens with one attached hydrogen (secondary N) is 1. The van der Waals surface area contributed by atoms with Gasteiger partial charge in [0.2, 0.25) is 12.7 Å². The Balaban J connectivity index is 1.43. The number of rotatable bonds is 6. The second-order valence-corrected chi connectivity index (χ2v) is 8.58. The monoisotopic (exact) mass is 459 g/mol. The molecule has 0 fully saturated rings. The number of aryl methyl sites for hydroxylation is 1. The number of nitrogens with zero attached hydrogens (tertiary/aromatic N) is 2. The van der Waals surface area contributed by atoms with E-state index in [-0.39, 0.29) is 24.0 Å². The number of hydrogen-bond acceptors (Lipinski definition) is 6. The summed E-state index contributed by atoms with van der Waals surface area (Å²) in [5.74, 6) is 1.30. The number of fused-ring (bicyclic) bond motifs is 2. The van der Waals surface area contributed by atoms with E-state index in [1.54, 1.807) is 16.7 Å². The molecule has 7 nitrogen and oxygen atoms in total. The molecule has 33 heavy (non-hydrogen) atoms. The summed E-state index contributed by atoms with van der Waals surface area (Å²) in [5, 5.41) is 3.94. The van der Waals surface area contributed by atoms with Crippen molar-refractivity contribution in [2.75, 3.05) is 17.9 Å². The Bertz CT molecular complexity index is 1420. The molecule has 1 N–H and O–H groups in total. The van der Waals surface area contributed by atoms with Crippen LogP contribution in [0.5, 0.6) is 11.5 Å². The van der Waals surface area contributed by atoms with E-state index >= 15 is 0 Å². The van der Waals surface area contributed by atoms with Gasteiger partial charge >= 0.3 is 0 Å². The summed E-state index contributed by atoms with van der Waals surface area (Å²) in [6.45, 7) is 2.43. The lowest BCUT2D eigenvalue weighted by atomic mass is 10.2. The summed E-state index contributed by atoms with van der Waals surface area (Å²) >= 11 is 1.24. The van der Waals surface area contributed by atoms with Gasteiger partial charge in [-0.25, -0.2) is 4.98 Å². The number of hydrogen-bond donors (Lipinski definition) is 1. The summed E-state index contributed by atoms with van der Waals surface area (Å²) in [6.07, 6.45) is 0. The lowest BCUT2D eigenvalue weighted by molar-refractivity contribution is -0.113. The van der Waals surface area contributed by atoms with Crippen LogP contribution in [0.2, 0.25) is 0 Å². The second-order valence-electron chi connectivity index (χ2n) is 7.64. The van der Waals surface area contributed by atoms with Crippen molar-refractivity contribution in [3.05, 3.63) is 88.2 Å². The van der Waals surface area contributed by atoms with Gasteiger partial charge in [-0.3, -0.25) is 14.2 Å². The van der Waals surface area contributed by atoms with Gasteiger partial charge in [-0.2, -0.15) is 0 Å². The number of aromatic nitrogens is 2. The first-order valence-corrected chi connectivity index (χ1v) is 11.4. The minimum absolute atomic E-state index is 0.125. The number of thioether (sulfide) groups is 1. The van der Waals surface area contributed by atoms with E-state index in [1.165, 1.54) is 11.8 Å². The predicted molar refractivity (Wildman–Crippen MR) is 128 cm³/mol. The van der Waals surface area contributed by atoms with Gasteiger partial charge in [-0.15, -0.1) is 0 Å². The van der Waals surface area contributed by atoms with Gasteiger partial charge in [0.15, 0.2) is 16.7 Å². The fraction of sp³-hybridized carbons (Fsp3) is 0.160. The molecule has 5 rings (SSSR count). The topological polar surface area (TPSA) is 82.5 Å². The van der Waals surface area contributed by atoms with Crippen molar-refractivity contribution in [3.8, 4) is 11.5 Å². The number of ether oxygens (including phenoxy) is 2. The lowest BCUT2D eigenvalue weighted by Gasteiger charge is -2.14. The Labute approximate surface area is 194 Å². The molecule has 0 aliphatic carbocycles. The number of para-hydroxylation sites is 2. The van der Waals surface area contributed by atoms with Crippen LogP contribution >= 0.6 is 11.8 Å². The minimum Gasteiger partial charge on any atom is -0.454 e. The number of benzene rings is 3. The molecular weight excluding hydrogens is 438 g/mol. The van der Waals surface area contributed by atoms with Gasteiger partial charge in [0.25, 0.3) is 5.56 Å². The number of anilines is 1. The first-order valence-electron chi connectivity index (χ1n) is 10.4. The van der Waals surface area contributed by atoms with Crippen LogP contribution in [0.3, 0.4) is 0 Å². The molecule has 2 heterocycles. The molecule has 166 valence electrons. The van der Waals surface area contributed by atoms with Crippen LogP contribution in [0, 0.1) is 6.92 Å². The predicted octanol–water partition coefficient (Wildman–Crippen LogP) is 4.21. The summed E-state index contributed by atoms with van der Waals surface area (Å²) in [7, 11) is 0. The third kappa shape index (κ3) is 4.42. The van der Waals surface area contributed by atoms with Crippen molar-refractivity contribution in [2.45, 2.75) is 18.6 Å².